The Balaban J connectivity index is 1.38. The Kier molecular flexibility index (Phi) is 7.76. The molecule has 0 aliphatic carbocycles. The van der Waals surface area contributed by atoms with Crippen molar-refractivity contribution in [2.24, 2.45) is 0 Å². The summed E-state index contributed by atoms with van der Waals surface area (Å²) < 4.78 is 7.37. The molecule has 0 bridgehead atoms. The molecule has 3 aromatic carbocycles. The molecule has 4 N–H and O–H groups in total. The fraction of sp³-hybridized carbons (Fsp3) is 0.233. The average molecular weight is 556 g/mol. The Hall–Kier alpha value is -3.80. The fourth-order valence-electron chi connectivity index (χ4n) is 4.95. The normalized spacial score (nSPS) is 20.8. The summed E-state index contributed by atoms with van der Waals surface area (Å²) in [5, 5.41) is 34.6. The van der Waals surface area contributed by atoms with Crippen molar-refractivity contribution in [3.05, 3.63) is 108 Å². The van der Waals surface area contributed by atoms with Crippen molar-refractivity contribution >= 4 is 28.7 Å². The van der Waals surface area contributed by atoms with Gasteiger partial charge in [0.15, 0.2) is 28.4 Å². The molecule has 4 atom stereocenters. The first-order valence-electron chi connectivity index (χ1n) is 13.1. The Morgan fingerprint density at radius 2 is 1.48 bits per heavy atom. The van der Waals surface area contributed by atoms with Gasteiger partial charge in [-0.15, -0.1) is 0 Å². The van der Waals surface area contributed by atoms with E-state index in [1.807, 2.05) is 66.7 Å². The molecule has 40 heavy (non-hydrogen) atoms. The van der Waals surface area contributed by atoms with Gasteiger partial charge < -0.3 is 25.4 Å². The molecule has 9 nitrogen and oxygen atoms in total. The Morgan fingerprint density at radius 3 is 2.08 bits per heavy atom. The van der Waals surface area contributed by atoms with Crippen molar-refractivity contribution in [3.8, 4) is 0 Å². The number of nitrogens with zero attached hydrogens (tertiary/aromatic N) is 4. The lowest BCUT2D eigenvalue weighted by atomic mass is 9.91. The standard InChI is InChI=1S/C30H29N5O4S/c36-17-23-25(37)26(38)29(39-23)35-18-32-24-27(33-30(34-28(24)35)40-21-14-8-3-9-15-21)31-16-22(19-10-4-1-5-11-19)20-12-6-2-7-13-20/h1-15,18,22-23,25-26,29,36-38H,16-17H2,(H,31,33,34)/t23-,25-,26-,29?/m1/s1. The maximum absolute atomic E-state index is 10.7. The van der Waals surface area contributed by atoms with Gasteiger partial charge in [-0.1, -0.05) is 78.9 Å². The highest BCUT2D eigenvalue weighted by atomic mass is 32.2. The highest BCUT2D eigenvalue weighted by Gasteiger charge is 2.44. The first kappa shape index (κ1) is 26.4. The Labute approximate surface area is 235 Å². The molecule has 1 saturated heterocycles. The van der Waals surface area contributed by atoms with Gasteiger partial charge in [-0.05, 0) is 35.0 Å². The van der Waals surface area contributed by atoms with Crippen LogP contribution in [-0.4, -0.2) is 66.3 Å². The predicted molar refractivity (Wildman–Crippen MR) is 152 cm³/mol. The summed E-state index contributed by atoms with van der Waals surface area (Å²) in [7, 11) is 0. The van der Waals surface area contributed by atoms with Gasteiger partial charge in [0.05, 0.1) is 12.9 Å². The number of nitrogens with one attached hydrogen (secondary N) is 1. The molecule has 10 heteroatoms. The summed E-state index contributed by atoms with van der Waals surface area (Å²) in [6.45, 7) is 0.134. The molecule has 0 amide bonds. The maximum Gasteiger partial charge on any atom is 0.196 e. The number of hydrogen-bond donors (Lipinski definition) is 4. The van der Waals surface area contributed by atoms with Crippen LogP contribution >= 0.6 is 11.8 Å². The molecule has 0 saturated carbocycles. The van der Waals surface area contributed by atoms with Gasteiger partial charge in [-0.25, -0.2) is 15.0 Å². The number of fused-ring (bicyclic) bond motifs is 1. The van der Waals surface area contributed by atoms with E-state index in [0.29, 0.717) is 28.7 Å². The summed E-state index contributed by atoms with van der Waals surface area (Å²) in [6, 6.07) is 30.4. The lowest BCUT2D eigenvalue weighted by Crippen LogP contribution is -2.33. The van der Waals surface area contributed by atoms with Crippen molar-refractivity contribution in [3.63, 3.8) is 0 Å². The van der Waals surface area contributed by atoms with E-state index >= 15 is 0 Å². The van der Waals surface area contributed by atoms with Crippen LogP contribution in [0.4, 0.5) is 5.82 Å². The third kappa shape index (κ3) is 5.32. The van der Waals surface area contributed by atoms with Crippen molar-refractivity contribution in [2.75, 3.05) is 18.5 Å². The third-order valence-electron chi connectivity index (χ3n) is 7.02. The first-order valence-corrected chi connectivity index (χ1v) is 13.9. The van der Waals surface area contributed by atoms with Gasteiger partial charge in [0.2, 0.25) is 0 Å². The number of anilines is 1. The van der Waals surface area contributed by atoms with E-state index in [-0.39, 0.29) is 5.92 Å². The molecule has 2 aromatic heterocycles. The second-order valence-corrected chi connectivity index (χ2v) is 10.6. The number of aromatic nitrogens is 4. The van der Waals surface area contributed by atoms with Gasteiger partial charge in [-0.2, -0.15) is 0 Å². The Morgan fingerprint density at radius 1 is 0.850 bits per heavy atom. The van der Waals surface area contributed by atoms with E-state index in [1.165, 1.54) is 29.2 Å². The van der Waals surface area contributed by atoms with E-state index in [9.17, 15) is 15.3 Å². The van der Waals surface area contributed by atoms with Crippen molar-refractivity contribution in [1.82, 2.24) is 19.5 Å². The number of imidazole rings is 1. The van der Waals surface area contributed by atoms with Crippen molar-refractivity contribution in [1.29, 1.82) is 0 Å². The van der Waals surface area contributed by atoms with Crippen LogP contribution < -0.4 is 5.32 Å². The molecule has 0 radical (unpaired) electrons. The number of aliphatic hydroxyl groups excluding tert-OH is 3. The van der Waals surface area contributed by atoms with Crippen LogP contribution in [0.15, 0.2) is 107 Å². The molecule has 5 aromatic rings. The molecule has 1 aliphatic rings. The average Bonchev–Trinajstić information content (AvgIpc) is 3.54. The van der Waals surface area contributed by atoms with Crippen LogP contribution in [0, 0.1) is 0 Å². The molecule has 1 unspecified atom stereocenters. The molecule has 3 heterocycles. The minimum Gasteiger partial charge on any atom is -0.394 e. The summed E-state index contributed by atoms with van der Waals surface area (Å²) in [6.07, 6.45) is -2.84. The molecule has 6 rings (SSSR count). The quantitative estimate of drug-likeness (QED) is 0.201. The van der Waals surface area contributed by atoms with E-state index in [1.54, 1.807) is 4.57 Å². The first-order chi connectivity index (χ1) is 19.6. The summed E-state index contributed by atoms with van der Waals surface area (Å²) in [5.74, 6) is 0.603. The van der Waals surface area contributed by atoms with Crippen LogP contribution in [-0.2, 0) is 4.74 Å². The van der Waals surface area contributed by atoms with E-state index < -0.39 is 31.1 Å². The van der Waals surface area contributed by atoms with Gasteiger partial charge in [-0.3, -0.25) is 4.57 Å². The van der Waals surface area contributed by atoms with E-state index in [0.717, 1.165) is 4.90 Å². The minimum atomic E-state index is -1.26. The minimum absolute atomic E-state index is 0.0557. The van der Waals surface area contributed by atoms with Crippen molar-refractivity contribution < 1.29 is 20.1 Å². The molecule has 0 spiro atoms. The highest BCUT2D eigenvalue weighted by molar-refractivity contribution is 7.99. The number of hydrogen-bond acceptors (Lipinski definition) is 9. The van der Waals surface area contributed by atoms with Crippen LogP contribution in [0.5, 0.6) is 0 Å². The molecular formula is C30H29N5O4S. The van der Waals surface area contributed by atoms with Crippen LogP contribution in [0.1, 0.15) is 23.3 Å². The lowest BCUT2D eigenvalue weighted by Gasteiger charge is -2.20. The third-order valence-corrected chi connectivity index (χ3v) is 7.90. The molecule has 1 fully saturated rings. The van der Waals surface area contributed by atoms with Crippen molar-refractivity contribution in [2.45, 2.75) is 40.5 Å². The zero-order valence-electron chi connectivity index (χ0n) is 21.5. The second-order valence-electron chi connectivity index (χ2n) is 9.58. The second kappa shape index (κ2) is 11.7. The zero-order valence-corrected chi connectivity index (χ0v) is 22.3. The van der Waals surface area contributed by atoms with Crippen LogP contribution in [0.25, 0.3) is 11.2 Å². The molecular weight excluding hydrogens is 526 g/mol. The van der Waals surface area contributed by atoms with Gasteiger partial charge in [0.25, 0.3) is 0 Å². The number of rotatable bonds is 9. The predicted octanol–water partition coefficient (Wildman–Crippen LogP) is 3.83. The molecule has 1 aliphatic heterocycles. The maximum atomic E-state index is 10.7. The number of aliphatic hydroxyl groups is 3. The zero-order chi connectivity index (χ0) is 27.5. The SMILES string of the molecule is OC[C@H]1OC(n2cnc3c(NCC(c4ccccc4)c4ccccc4)nc(Sc4ccccc4)nc32)[C@H](O)[C@@H]1O. The summed E-state index contributed by atoms with van der Waals surface area (Å²) >= 11 is 1.41. The number of ether oxygens (including phenoxy) is 1. The topological polar surface area (TPSA) is 126 Å². The van der Waals surface area contributed by atoms with Gasteiger partial charge in [0, 0.05) is 17.4 Å². The Bertz CT molecular complexity index is 1520. The van der Waals surface area contributed by atoms with Gasteiger partial charge >= 0.3 is 0 Å². The smallest absolute Gasteiger partial charge is 0.196 e. The largest absolute Gasteiger partial charge is 0.394 e. The fourth-order valence-corrected chi connectivity index (χ4v) is 5.73. The number of benzene rings is 3. The van der Waals surface area contributed by atoms with Crippen LogP contribution in [0.2, 0.25) is 0 Å². The van der Waals surface area contributed by atoms with Crippen LogP contribution in [0.3, 0.4) is 0 Å². The molecule has 204 valence electrons. The summed E-state index contributed by atoms with van der Waals surface area (Å²) in [4.78, 5) is 15.1. The monoisotopic (exact) mass is 555 g/mol. The lowest BCUT2D eigenvalue weighted by molar-refractivity contribution is -0.0511. The van der Waals surface area contributed by atoms with E-state index in [2.05, 4.69) is 34.6 Å². The highest BCUT2D eigenvalue weighted by Crippen LogP contribution is 2.35. The van der Waals surface area contributed by atoms with Gasteiger partial charge in [0.1, 0.15) is 18.3 Å². The van der Waals surface area contributed by atoms with E-state index in [4.69, 9.17) is 14.7 Å². The summed E-state index contributed by atoms with van der Waals surface area (Å²) in [5.41, 5.74) is 3.29.